The molecule has 1 saturated heterocycles. The number of rotatable bonds is 8. The van der Waals surface area contributed by atoms with Gasteiger partial charge in [-0.25, -0.2) is 0 Å². The van der Waals surface area contributed by atoms with E-state index < -0.39 is 5.60 Å². The van der Waals surface area contributed by atoms with Gasteiger partial charge in [-0.2, -0.15) is 0 Å². The molecule has 1 fully saturated rings. The molecule has 27 heavy (non-hydrogen) atoms. The van der Waals surface area contributed by atoms with Crippen LogP contribution < -0.4 is 10.6 Å². The molecule has 1 aromatic rings. The van der Waals surface area contributed by atoms with Crippen LogP contribution in [0.1, 0.15) is 25.0 Å². The zero-order valence-electron chi connectivity index (χ0n) is 16.7. The first-order valence-corrected chi connectivity index (χ1v) is 9.44. The Morgan fingerprint density at radius 2 is 2.11 bits per heavy atom. The highest BCUT2D eigenvalue weighted by molar-refractivity contribution is 14.0. The van der Waals surface area contributed by atoms with Gasteiger partial charge in [0.25, 0.3) is 0 Å². The summed E-state index contributed by atoms with van der Waals surface area (Å²) in [4.78, 5) is 10.9. The van der Waals surface area contributed by atoms with Crippen molar-refractivity contribution >= 4 is 29.9 Å². The number of guanidine groups is 1. The van der Waals surface area contributed by atoms with Gasteiger partial charge in [0.05, 0.1) is 25.4 Å². The monoisotopic (exact) mass is 491 g/mol. The van der Waals surface area contributed by atoms with Crippen LogP contribution in [0.15, 0.2) is 23.5 Å². The van der Waals surface area contributed by atoms with Crippen molar-refractivity contribution in [2.75, 3.05) is 52.5 Å². The molecule has 7 nitrogen and oxygen atoms in total. The average molecular weight is 491 g/mol. The number of hydrogen-bond donors (Lipinski definition) is 3. The standard InChI is InChI=1S/C19H33N5O2.HI/c1-4-21-18(22-8-6-17-5-7-20-13-16(17)2)23-14-19(3,25)15-24-9-11-26-12-10-24;/h5,7,13,25H,4,6,8-12,14-15H2,1-3H3,(H2,21,22,23);1H. The second-order valence-electron chi connectivity index (χ2n) is 7.06. The summed E-state index contributed by atoms with van der Waals surface area (Å²) >= 11 is 0. The summed E-state index contributed by atoms with van der Waals surface area (Å²) in [5, 5.41) is 17.3. The molecule has 1 aliphatic rings. The van der Waals surface area contributed by atoms with Crippen molar-refractivity contribution in [1.29, 1.82) is 0 Å². The maximum atomic E-state index is 10.7. The summed E-state index contributed by atoms with van der Waals surface area (Å²) in [7, 11) is 0. The lowest BCUT2D eigenvalue weighted by molar-refractivity contribution is -0.0179. The van der Waals surface area contributed by atoms with Gasteiger partial charge in [-0.15, -0.1) is 24.0 Å². The SMILES string of the molecule is CCNC(=NCC(C)(O)CN1CCOCC1)NCCc1ccncc1C.I. The molecule has 0 saturated carbocycles. The third-order valence-electron chi connectivity index (χ3n) is 4.41. The Balaban J connectivity index is 0.00000364. The molecule has 1 unspecified atom stereocenters. The number of hydrogen-bond acceptors (Lipinski definition) is 5. The second-order valence-corrected chi connectivity index (χ2v) is 7.06. The molecule has 0 aromatic carbocycles. The van der Waals surface area contributed by atoms with E-state index >= 15 is 0 Å². The van der Waals surface area contributed by atoms with Gasteiger partial charge < -0.3 is 20.5 Å². The molecule has 0 aliphatic carbocycles. The van der Waals surface area contributed by atoms with Gasteiger partial charge in [0, 0.05) is 45.1 Å². The molecule has 8 heteroatoms. The van der Waals surface area contributed by atoms with Gasteiger partial charge in [-0.1, -0.05) is 0 Å². The summed E-state index contributed by atoms with van der Waals surface area (Å²) < 4.78 is 5.36. The van der Waals surface area contributed by atoms with Crippen molar-refractivity contribution in [3.05, 3.63) is 29.6 Å². The van der Waals surface area contributed by atoms with Crippen LogP contribution in [0.4, 0.5) is 0 Å². The highest BCUT2D eigenvalue weighted by Gasteiger charge is 2.25. The van der Waals surface area contributed by atoms with Gasteiger partial charge in [0.2, 0.25) is 0 Å². The predicted octanol–water partition coefficient (Wildman–Crippen LogP) is 1.19. The van der Waals surface area contributed by atoms with Crippen molar-refractivity contribution in [2.24, 2.45) is 4.99 Å². The fourth-order valence-corrected chi connectivity index (χ4v) is 2.98. The lowest BCUT2D eigenvalue weighted by Gasteiger charge is -2.33. The van der Waals surface area contributed by atoms with Gasteiger partial charge in [-0.05, 0) is 44.4 Å². The minimum Gasteiger partial charge on any atom is -0.387 e. The summed E-state index contributed by atoms with van der Waals surface area (Å²) in [5.74, 6) is 0.737. The number of aliphatic hydroxyl groups is 1. The largest absolute Gasteiger partial charge is 0.387 e. The lowest BCUT2D eigenvalue weighted by Crippen LogP contribution is -2.48. The number of aryl methyl sites for hydroxylation is 1. The number of nitrogens with one attached hydrogen (secondary N) is 2. The zero-order valence-corrected chi connectivity index (χ0v) is 19.0. The summed E-state index contributed by atoms with van der Waals surface area (Å²) in [6, 6.07) is 2.05. The number of morpholine rings is 1. The Bertz CT molecular complexity index is 577. The van der Waals surface area contributed by atoms with Crippen molar-refractivity contribution < 1.29 is 9.84 Å². The summed E-state index contributed by atoms with van der Waals surface area (Å²) in [6.07, 6.45) is 4.62. The Morgan fingerprint density at radius 3 is 2.78 bits per heavy atom. The third kappa shape index (κ3) is 9.18. The van der Waals surface area contributed by atoms with Crippen molar-refractivity contribution in [3.8, 4) is 0 Å². The summed E-state index contributed by atoms with van der Waals surface area (Å²) in [5.41, 5.74) is 1.62. The van der Waals surface area contributed by atoms with Gasteiger partial charge in [0.15, 0.2) is 5.96 Å². The number of ether oxygens (including phenoxy) is 1. The van der Waals surface area contributed by atoms with E-state index in [1.54, 1.807) is 0 Å². The minimum atomic E-state index is -0.860. The van der Waals surface area contributed by atoms with E-state index in [4.69, 9.17) is 4.74 Å². The molecule has 0 amide bonds. The molecular formula is C19H34IN5O2. The van der Waals surface area contributed by atoms with Crippen LogP contribution in [0.3, 0.4) is 0 Å². The smallest absolute Gasteiger partial charge is 0.191 e. The predicted molar refractivity (Wildman–Crippen MR) is 120 cm³/mol. The van der Waals surface area contributed by atoms with Crippen LogP contribution in [0.5, 0.6) is 0 Å². The van der Waals surface area contributed by atoms with Crippen LogP contribution in [0, 0.1) is 6.92 Å². The maximum absolute atomic E-state index is 10.7. The number of pyridine rings is 1. The minimum absolute atomic E-state index is 0. The van der Waals surface area contributed by atoms with Crippen LogP contribution in [-0.2, 0) is 11.2 Å². The van der Waals surface area contributed by atoms with Crippen LogP contribution in [-0.4, -0.2) is 79.0 Å². The Labute approximate surface area is 180 Å². The van der Waals surface area contributed by atoms with E-state index in [1.807, 2.05) is 32.3 Å². The quantitative estimate of drug-likeness (QED) is 0.288. The highest BCUT2D eigenvalue weighted by atomic mass is 127. The summed E-state index contributed by atoms with van der Waals surface area (Å²) in [6.45, 7) is 11.7. The zero-order chi connectivity index (χ0) is 18.8. The van der Waals surface area contributed by atoms with E-state index in [-0.39, 0.29) is 24.0 Å². The van der Waals surface area contributed by atoms with E-state index in [2.05, 4.69) is 32.4 Å². The molecule has 154 valence electrons. The number of halogens is 1. The van der Waals surface area contributed by atoms with Crippen molar-refractivity contribution in [2.45, 2.75) is 32.8 Å². The fourth-order valence-electron chi connectivity index (χ4n) is 2.98. The van der Waals surface area contributed by atoms with E-state index in [9.17, 15) is 5.11 Å². The normalized spacial score (nSPS) is 17.7. The number of aliphatic imine (C=N–C) groups is 1. The number of aromatic nitrogens is 1. The van der Waals surface area contributed by atoms with Crippen LogP contribution >= 0.6 is 24.0 Å². The molecule has 0 radical (unpaired) electrons. The average Bonchev–Trinajstić information content (AvgIpc) is 2.62. The first-order chi connectivity index (χ1) is 12.5. The van der Waals surface area contributed by atoms with Gasteiger partial charge in [0.1, 0.15) is 0 Å². The molecule has 2 heterocycles. The van der Waals surface area contributed by atoms with Crippen LogP contribution in [0.25, 0.3) is 0 Å². The molecule has 3 N–H and O–H groups in total. The third-order valence-corrected chi connectivity index (χ3v) is 4.41. The van der Waals surface area contributed by atoms with Gasteiger partial charge >= 0.3 is 0 Å². The molecule has 0 spiro atoms. The van der Waals surface area contributed by atoms with E-state index in [0.29, 0.717) is 13.1 Å². The van der Waals surface area contributed by atoms with Crippen LogP contribution in [0.2, 0.25) is 0 Å². The molecule has 0 bridgehead atoms. The Kier molecular flexibility index (Phi) is 11.1. The first kappa shape index (κ1) is 24.1. The highest BCUT2D eigenvalue weighted by Crippen LogP contribution is 2.09. The van der Waals surface area contributed by atoms with E-state index in [0.717, 1.165) is 51.8 Å². The van der Waals surface area contributed by atoms with Crippen molar-refractivity contribution in [3.63, 3.8) is 0 Å². The Hall–Kier alpha value is -0.970. The fraction of sp³-hybridized carbons (Fsp3) is 0.684. The maximum Gasteiger partial charge on any atom is 0.191 e. The molecular weight excluding hydrogens is 457 g/mol. The molecule has 1 aromatic heterocycles. The number of β-amino-alcohol motifs (C(OH)–C–C–N with tert-alkyl or cyclic N) is 1. The first-order valence-electron chi connectivity index (χ1n) is 9.44. The Morgan fingerprint density at radius 1 is 1.37 bits per heavy atom. The lowest BCUT2D eigenvalue weighted by atomic mass is 10.1. The molecule has 1 atom stereocenters. The van der Waals surface area contributed by atoms with Crippen molar-refractivity contribution in [1.82, 2.24) is 20.5 Å². The second kappa shape index (κ2) is 12.5. The number of nitrogens with zero attached hydrogens (tertiary/aromatic N) is 3. The topological polar surface area (TPSA) is 82.0 Å². The van der Waals surface area contributed by atoms with Gasteiger partial charge in [-0.3, -0.25) is 14.9 Å². The molecule has 1 aliphatic heterocycles. The van der Waals surface area contributed by atoms with E-state index in [1.165, 1.54) is 11.1 Å². The molecule has 2 rings (SSSR count).